The standard InChI is InChI=1S/C19H27NO6/c1-5-16(21)15-11-9-14(10-12-15)13-19(20-26-8-4,17(22)24-6-2)18(23)25-7-3/h9-12,20H,5-8,13H2,1-4H3. The van der Waals surface area contributed by atoms with Crippen molar-refractivity contribution in [3.63, 3.8) is 0 Å². The van der Waals surface area contributed by atoms with Crippen LogP contribution in [0.25, 0.3) is 0 Å². The number of hydroxylamine groups is 1. The van der Waals surface area contributed by atoms with Crippen LogP contribution in [0.15, 0.2) is 24.3 Å². The van der Waals surface area contributed by atoms with Crippen LogP contribution in [-0.4, -0.2) is 43.1 Å². The molecule has 1 aromatic rings. The van der Waals surface area contributed by atoms with Crippen LogP contribution in [0.3, 0.4) is 0 Å². The van der Waals surface area contributed by atoms with Crippen LogP contribution < -0.4 is 5.48 Å². The van der Waals surface area contributed by atoms with Crippen molar-refractivity contribution in [3.05, 3.63) is 35.4 Å². The van der Waals surface area contributed by atoms with Gasteiger partial charge >= 0.3 is 11.9 Å². The molecule has 0 fully saturated rings. The molecule has 0 bridgehead atoms. The van der Waals surface area contributed by atoms with E-state index in [1.54, 1.807) is 52.0 Å². The number of ether oxygens (including phenoxy) is 2. The van der Waals surface area contributed by atoms with Gasteiger partial charge in [0, 0.05) is 18.4 Å². The molecule has 26 heavy (non-hydrogen) atoms. The maximum absolute atomic E-state index is 12.6. The van der Waals surface area contributed by atoms with Crippen LogP contribution >= 0.6 is 0 Å². The number of benzene rings is 1. The molecular weight excluding hydrogens is 338 g/mol. The molecule has 0 unspecified atom stereocenters. The van der Waals surface area contributed by atoms with Gasteiger partial charge in [-0.05, 0) is 26.3 Å². The van der Waals surface area contributed by atoms with Crippen LogP contribution in [0.5, 0.6) is 0 Å². The first-order chi connectivity index (χ1) is 12.4. The summed E-state index contributed by atoms with van der Waals surface area (Å²) in [5, 5.41) is 0. The highest BCUT2D eigenvalue weighted by Gasteiger charge is 2.50. The Morgan fingerprint density at radius 3 is 1.85 bits per heavy atom. The van der Waals surface area contributed by atoms with Gasteiger partial charge in [0.1, 0.15) is 0 Å². The molecule has 0 aliphatic heterocycles. The Balaban J connectivity index is 3.22. The van der Waals surface area contributed by atoms with Crippen molar-refractivity contribution in [2.24, 2.45) is 0 Å². The summed E-state index contributed by atoms with van der Waals surface area (Å²) < 4.78 is 10.2. The van der Waals surface area contributed by atoms with Crippen LogP contribution in [0.1, 0.15) is 50.0 Å². The zero-order valence-electron chi connectivity index (χ0n) is 15.8. The number of ketones is 1. The maximum Gasteiger partial charge on any atom is 0.340 e. The second-order valence-corrected chi connectivity index (χ2v) is 5.53. The molecule has 7 heteroatoms. The van der Waals surface area contributed by atoms with Crippen molar-refractivity contribution >= 4 is 17.7 Å². The van der Waals surface area contributed by atoms with Gasteiger partial charge in [-0.25, -0.2) is 9.59 Å². The number of hydrogen-bond acceptors (Lipinski definition) is 7. The third-order valence-corrected chi connectivity index (χ3v) is 3.70. The van der Waals surface area contributed by atoms with Gasteiger partial charge in [0.25, 0.3) is 0 Å². The average molecular weight is 365 g/mol. The normalized spacial score (nSPS) is 11.1. The van der Waals surface area contributed by atoms with Crippen LogP contribution in [0, 0.1) is 0 Å². The van der Waals surface area contributed by atoms with Crippen molar-refractivity contribution in [3.8, 4) is 0 Å². The summed E-state index contributed by atoms with van der Waals surface area (Å²) in [5.74, 6) is -1.53. The van der Waals surface area contributed by atoms with Crippen LogP contribution in [0.2, 0.25) is 0 Å². The van der Waals surface area contributed by atoms with E-state index >= 15 is 0 Å². The molecule has 0 saturated heterocycles. The van der Waals surface area contributed by atoms with Gasteiger partial charge in [0.2, 0.25) is 5.54 Å². The van der Waals surface area contributed by atoms with Crippen molar-refractivity contribution in [1.29, 1.82) is 0 Å². The van der Waals surface area contributed by atoms with Crippen LogP contribution in [-0.2, 0) is 30.3 Å². The number of rotatable bonds is 11. The number of esters is 2. The third kappa shape index (κ3) is 5.37. The largest absolute Gasteiger partial charge is 0.464 e. The molecule has 0 spiro atoms. The summed E-state index contributed by atoms with van der Waals surface area (Å²) in [5.41, 5.74) is 1.95. The lowest BCUT2D eigenvalue weighted by atomic mass is 9.90. The van der Waals surface area contributed by atoms with Gasteiger partial charge in [-0.2, -0.15) is 5.48 Å². The molecule has 0 atom stereocenters. The molecule has 0 aliphatic rings. The number of carbonyl (C=O) groups excluding carboxylic acids is 3. The zero-order chi connectivity index (χ0) is 19.6. The van der Waals surface area contributed by atoms with E-state index in [2.05, 4.69) is 5.48 Å². The second-order valence-electron chi connectivity index (χ2n) is 5.53. The second kappa shape index (κ2) is 10.7. The van der Waals surface area contributed by atoms with E-state index in [9.17, 15) is 14.4 Å². The summed E-state index contributed by atoms with van der Waals surface area (Å²) in [6.45, 7) is 7.27. The van der Waals surface area contributed by atoms with E-state index in [-0.39, 0.29) is 32.0 Å². The number of Topliss-reactive ketones (excluding diaryl/α,β-unsaturated/α-hetero) is 1. The quantitative estimate of drug-likeness (QED) is 0.278. The highest BCUT2D eigenvalue weighted by atomic mass is 16.7. The number of carbonyl (C=O) groups is 3. The summed E-state index contributed by atoms with van der Waals surface area (Å²) >= 11 is 0. The highest BCUT2D eigenvalue weighted by molar-refractivity contribution is 6.05. The first-order valence-corrected chi connectivity index (χ1v) is 8.80. The van der Waals surface area contributed by atoms with Crippen molar-refractivity contribution in [2.45, 2.75) is 46.1 Å². The SMILES string of the molecule is CCONC(Cc1ccc(C(=O)CC)cc1)(C(=O)OCC)C(=O)OCC. The monoisotopic (exact) mass is 365 g/mol. The Labute approximate surface area is 154 Å². The number of hydrogen-bond donors (Lipinski definition) is 1. The summed E-state index contributed by atoms with van der Waals surface area (Å²) in [7, 11) is 0. The van der Waals surface area contributed by atoms with E-state index in [0.717, 1.165) is 0 Å². The highest BCUT2D eigenvalue weighted by Crippen LogP contribution is 2.20. The smallest absolute Gasteiger partial charge is 0.340 e. The fourth-order valence-corrected chi connectivity index (χ4v) is 2.37. The Hall–Kier alpha value is -2.25. The minimum atomic E-state index is -1.82. The van der Waals surface area contributed by atoms with Crippen LogP contribution in [0.4, 0.5) is 0 Å². The molecule has 0 heterocycles. The van der Waals surface area contributed by atoms with Gasteiger partial charge in [-0.1, -0.05) is 31.2 Å². The molecule has 0 aromatic heterocycles. The van der Waals surface area contributed by atoms with Crippen molar-refractivity contribution < 1.29 is 28.7 Å². The van der Waals surface area contributed by atoms with E-state index < -0.39 is 17.5 Å². The predicted molar refractivity (Wildman–Crippen MR) is 95.5 cm³/mol. The Morgan fingerprint density at radius 1 is 0.885 bits per heavy atom. The van der Waals surface area contributed by atoms with E-state index in [1.807, 2.05) is 0 Å². The van der Waals surface area contributed by atoms with Gasteiger partial charge in [-0.3, -0.25) is 4.79 Å². The minimum absolute atomic E-state index is 0.0195. The molecule has 1 rings (SSSR count). The first-order valence-electron chi connectivity index (χ1n) is 8.80. The fourth-order valence-electron chi connectivity index (χ4n) is 2.37. The molecule has 1 aromatic carbocycles. The Kier molecular flexibility index (Phi) is 8.95. The van der Waals surface area contributed by atoms with E-state index in [0.29, 0.717) is 17.5 Å². The van der Waals surface area contributed by atoms with Gasteiger partial charge < -0.3 is 14.3 Å². The lowest BCUT2D eigenvalue weighted by Crippen LogP contribution is -2.61. The lowest BCUT2D eigenvalue weighted by Gasteiger charge is -2.29. The zero-order valence-corrected chi connectivity index (χ0v) is 15.8. The minimum Gasteiger partial charge on any atom is -0.464 e. The van der Waals surface area contributed by atoms with E-state index in [1.165, 1.54) is 0 Å². The lowest BCUT2D eigenvalue weighted by molar-refractivity contribution is -0.175. The number of nitrogens with one attached hydrogen (secondary N) is 1. The molecular formula is C19H27NO6. The molecule has 0 amide bonds. The average Bonchev–Trinajstić information content (AvgIpc) is 2.65. The molecule has 0 radical (unpaired) electrons. The first kappa shape index (κ1) is 21.8. The Morgan fingerprint density at radius 2 is 1.42 bits per heavy atom. The topological polar surface area (TPSA) is 90.9 Å². The summed E-state index contributed by atoms with van der Waals surface area (Å²) in [6.07, 6.45) is 0.367. The molecule has 7 nitrogen and oxygen atoms in total. The Bertz CT molecular complexity index is 593. The summed E-state index contributed by atoms with van der Waals surface area (Å²) in [4.78, 5) is 42.1. The third-order valence-electron chi connectivity index (χ3n) is 3.70. The molecule has 0 saturated carbocycles. The fraction of sp³-hybridized carbons (Fsp3) is 0.526. The van der Waals surface area contributed by atoms with Gasteiger partial charge in [0.15, 0.2) is 5.78 Å². The van der Waals surface area contributed by atoms with Crippen molar-refractivity contribution in [2.75, 3.05) is 19.8 Å². The van der Waals surface area contributed by atoms with Gasteiger partial charge in [-0.15, -0.1) is 0 Å². The molecule has 0 aliphatic carbocycles. The molecule has 1 N–H and O–H groups in total. The van der Waals surface area contributed by atoms with E-state index in [4.69, 9.17) is 14.3 Å². The predicted octanol–water partition coefficient (Wildman–Crippen LogP) is 2.23. The van der Waals surface area contributed by atoms with Gasteiger partial charge in [0.05, 0.1) is 19.8 Å². The maximum atomic E-state index is 12.6. The van der Waals surface area contributed by atoms with Crippen molar-refractivity contribution in [1.82, 2.24) is 5.48 Å². The molecule has 144 valence electrons. The summed E-state index contributed by atoms with van der Waals surface area (Å²) in [6, 6.07) is 6.74.